The van der Waals surface area contributed by atoms with Gasteiger partial charge in [0.1, 0.15) is 5.51 Å². The summed E-state index contributed by atoms with van der Waals surface area (Å²) in [6.07, 6.45) is 0. The van der Waals surface area contributed by atoms with E-state index in [0.717, 1.165) is 9.90 Å². The zero-order chi connectivity index (χ0) is 17.5. The highest BCUT2D eigenvalue weighted by Gasteiger charge is 2.11. The van der Waals surface area contributed by atoms with Crippen molar-refractivity contribution >= 4 is 40.6 Å². The van der Waals surface area contributed by atoms with E-state index in [1.54, 1.807) is 23.7 Å². The Morgan fingerprint density at radius 1 is 1.33 bits per heavy atom. The van der Waals surface area contributed by atoms with Crippen LogP contribution in [0.4, 0.5) is 5.69 Å². The maximum atomic E-state index is 12.1. The van der Waals surface area contributed by atoms with Crippen LogP contribution in [0.3, 0.4) is 0 Å². The van der Waals surface area contributed by atoms with Crippen LogP contribution in [0.5, 0.6) is 0 Å². The number of nitrogens with one attached hydrogen (secondary N) is 2. The topological polar surface area (TPSA) is 84.0 Å². The Labute approximate surface area is 149 Å². The van der Waals surface area contributed by atoms with Crippen LogP contribution in [0.2, 0.25) is 0 Å². The molecule has 0 aliphatic rings. The summed E-state index contributed by atoms with van der Waals surface area (Å²) in [6, 6.07) is 5.26. The number of aryl methyl sites for hydroxylation is 1. The van der Waals surface area contributed by atoms with Gasteiger partial charge in [0.15, 0.2) is 4.34 Å². The van der Waals surface area contributed by atoms with Gasteiger partial charge >= 0.3 is 0 Å². The van der Waals surface area contributed by atoms with Crippen molar-refractivity contribution in [3.8, 4) is 0 Å². The number of carbonyl (C=O) groups is 2. The van der Waals surface area contributed by atoms with E-state index in [0.29, 0.717) is 23.7 Å². The predicted molar refractivity (Wildman–Crippen MR) is 97.6 cm³/mol. The molecule has 2 N–H and O–H groups in total. The van der Waals surface area contributed by atoms with Crippen molar-refractivity contribution in [1.29, 1.82) is 0 Å². The Hall–Kier alpha value is -1.93. The van der Waals surface area contributed by atoms with Crippen LogP contribution in [0.25, 0.3) is 0 Å². The van der Waals surface area contributed by atoms with Crippen molar-refractivity contribution in [3.05, 3.63) is 34.8 Å². The summed E-state index contributed by atoms with van der Waals surface area (Å²) < 4.78 is 0.763. The van der Waals surface area contributed by atoms with E-state index < -0.39 is 0 Å². The second-order valence-corrected chi connectivity index (χ2v) is 7.73. The molecule has 0 fully saturated rings. The fraction of sp³-hybridized carbons (Fsp3) is 0.375. The van der Waals surface area contributed by atoms with Crippen molar-refractivity contribution < 1.29 is 9.59 Å². The summed E-state index contributed by atoms with van der Waals surface area (Å²) in [7, 11) is 0. The van der Waals surface area contributed by atoms with Crippen LogP contribution < -0.4 is 10.6 Å². The first-order chi connectivity index (χ1) is 11.5. The molecule has 0 aliphatic heterocycles. The van der Waals surface area contributed by atoms with Crippen LogP contribution in [0.1, 0.15) is 29.8 Å². The van der Waals surface area contributed by atoms with Crippen molar-refractivity contribution in [2.75, 3.05) is 17.6 Å². The Kier molecular flexibility index (Phi) is 6.74. The van der Waals surface area contributed by atoms with Crippen LogP contribution in [-0.4, -0.2) is 34.3 Å². The van der Waals surface area contributed by atoms with Gasteiger partial charge in [-0.2, -0.15) is 0 Å². The molecule has 2 rings (SSSR count). The second kappa shape index (κ2) is 8.79. The molecule has 0 radical (unpaired) electrons. The summed E-state index contributed by atoms with van der Waals surface area (Å²) in [5.74, 6) is 0.455. The third-order valence-electron chi connectivity index (χ3n) is 3.10. The number of hydrogen-bond donors (Lipinski definition) is 2. The van der Waals surface area contributed by atoms with Gasteiger partial charge in [-0.1, -0.05) is 36.9 Å². The molecule has 24 heavy (non-hydrogen) atoms. The summed E-state index contributed by atoms with van der Waals surface area (Å²) in [6.45, 7) is 6.60. The van der Waals surface area contributed by atoms with E-state index in [-0.39, 0.29) is 17.6 Å². The standard InChI is InChI=1S/C16H20N4O2S2/c1-10(2)7-17-15(22)12-4-5-13(11(3)6-12)19-14(21)8-23-16-20-18-9-24-16/h4-6,9-10H,7-8H2,1-3H3,(H,17,22)(H,19,21). The smallest absolute Gasteiger partial charge is 0.251 e. The Morgan fingerprint density at radius 3 is 2.75 bits per heavy atom. The highest BCUT2D eigenvalue weighted by molar-refractivity contribution is 8.01. The van der Waals surface area contributed by atoms with E-state index >= 15 is 0 Å². The first-order valence-corrected chi connectivity index (χ1v) is 9.40. The Morgan fingerprint density at radius 2 is 2.12 bits per heavy atom. The number of aromatic nitrogens is 2. The molecule has 1 aromatic carbocycles. The minimum absolute atomic E-state index is 0.100. The molecule has 0 aliphatic carbocycles. The zero-order valence-electron chi connectivity index (χ0n) is 13.8. The molecule has 1 aromatic heterocycles. The lowest BCUT2D eigenvalue weighted by atomic mass is 10.1. The van der Waals surface area contributed by atoms with E-state index in [9.17, 15) is 9.59 Å². The van der Waals surface area contributed by atoms with Crippen molar-refractivity contribution in [2.24, 2.45) is 5.92 Å². The molecule has 0 atom stereocenters. The Bertz CT molecular complexity index is 702. The molecule has 2 amide bonds. The highest BCUT2D eigenvalue weighted by atomic mass is 32.2. The van der Waals surface area contributed by atoms with Gasteiger partial charge in [0, 0.05) is 17.8 Å². The average molecular weight is 364 g/mol. The second-order valence-electron chi connectivity index (χ2n) is 5.68. The number of nitrogens with zero attached hydrogens (tertiary/aromatic N) is 2. The third-order valence-corrected chi connectivity index (χ3v) is 4.96. The molecule has 8 heteroatoms. The van der Waals surface area contributed by atoms with Crippen molar-refractivity contribution in [1.82, 2.24) is 15.5 Å². The van der Waals surface area contributed by atoms with Gasteiger partial charge in [-0.25, -0.2) is 0 Å². The summed E-state index contributed by atoms with van der Waals surface area (Å²) >= 11 is 2.75. The van der Waals surface area contributed by atoms with Crippen LogP contribution >= 0.6 is 23.1 Å². The maximum Gasteiger partial charge on any atom is 0.251 e. The molecule has 0 unspecified atom stereocenters. The highest BCUT2D eigenvalue weighted by Crippen LogP contribution is 2.20. The molecule has 0 spiro atoms. The van der Waals surface area contributed by atoms with Gasteiger partial charge in [0.2, 0.25) is 5.91 Å². The molecule has 0 bridgehead atoms. The van der Waals surface area contributed by atoms with Gasteiger partial charge in [-0.05, 0) is 36.6 Å². The van der Waals surface area contributed by atoms with Crippen LogP contribution in [0, 0.1) is 12.8 Å². The SMILES string of the molecule is Cc1cc(C(=O)NCC(C)C)ccc1NC(=O)CSc1nncs1. The fourth-order valence-corrected chi connectivity index (χ4v) is 3.17. The quantitative estimate of drug-likeness (QED) is 0.738. The minimum atomic E-state index is -0.115. The number of carbonyl (C=O) groups excluding carboxylic acids is 2. The van der Waals surface area contributed by atoms with E-state index in [2.05, 4.69) is 20.8 Å². The third kappa shape index (κ3) is 5.61. The first kappa shape index (κ1) is 18.4. The predicted octanol–water partition coefficient (Wildman–Crippen LogP) is 2.96. The lowest BCUT2D eigenvalue weighted by Gasteiger charge is -2.11. The minimum Gasteiger partial charge on any atom is -0.352 e. The average Bonchev–Trinajstić information content (AvgIpc) is 3.06. The van der Waals surface area contributed by atoms with Gasteiger partial charge < -0.3 is 10.6 Å². The van der Waals surface area contributed by atoms with Crippen molar-refractivity contribution in [2.45, 2.75) is 25.1 Å². The Balaban J connectivity index is 1.91. The number of hydrogen-bond acceptors (Lipinski definition) is 6. The lowest BCUT2D eigenvalue weighted by Crippen LogP contribution is -2.27. The van der Waals surface area contributed by atoms with Gasteiger partial charge in [-0.3, -0.25) is 9.59 Å². The molecule has 2 aromatic rings. The molecule has 0 saturated heterocycles. The zero-order valence-corrected chi connectivity index (χ0v) is 15.5. The number of rotatable bonds is 7. The largest absolute Gasteiger partial charge is 0.352 e. The van der Waals surface area contributed by atoms with Gasteiger partial charge in [0.25, 0.3) is 5.91 Å². The van der Waals surface area contributed by atoms with E-state index in [1.807, 2.05) is 20.8 Å². The lowest BCUT2D eigenvalue weighted by molar-refractivity contribution is -0.113. The van der Waals surface area contributed by atoms with E-state index in [1.165, 1.54) is 23.1 Å². The van der Waals surface area contributed by atoms with Crippen LogP contribution in [0.15, 0.2) is 28.0 Å². The summed E-state index contributed by atoms with van der Waals surface area (Å²) in [4.78, 5) is 24.1. The molecule has 0 saturated carbocycles. The molecular weight excluding hydrogens is 344 g/mol. The maximum absolute atomic E-state index is 12.1. The van der Waals surface area contributed by atoms with Crippen LogP contribution in [-0.2, 0) is 4.79 Å². The van der Waals surface area contributed by atoms with Gasteiger partial charge in [-0.15, -0.1) is 10.2 Å². The van der Waals surface area contributed by atoms with Gasteiger partial charge in [0.05, 0.1) is 5.75 Å². The first-order valence-electron chi connectivity index (χ1n) is 7.53. The monoisotopic (exact) mass is 364 g/mol. The number of thioether (sulfide) groups is 1. The van der Waals surface area contributed by atoms with Crippen molar-refractivity contribution in [3.63, 3.8) is 0 Å². The summed E-state index contributed by atoms with van der Waals surface area (Å²) in [5, 5.41) is 13.3. The molecule has 6 nitrogen and oxygen atoms in total. The molecule has 1 heterocycles. The van der Waals surface area contributed by atoms with E-state index in [4.69, 9.17) is 0 Å². The molecule has 128 valence electrons. The normalized spacial score (nSPS) is 10.7. The number of anilines is 1. The number of benzene rings is 1. The summed E-state index contributed by atoms with van der Waals surface area (Å²) in [5.41, 5.74) is 3.78. The molecular formula is C16H20N4O2S2. The number of amides is 2. The fourth-order valence-electron chi connectivity index (χ4n) is 1.88.